The fourth-order valence-corrected chi connectivity index (χ4v) is 3.46. The van der Waals surface area contributed by atoms with Crippen LogP contribution >= 0.6 is 11.3 Å². The molecule has 0 aliphatic rings. The molecule has 0 saturated carbocycles. The second kappa shape index (κ2) is 5.79. The summed E-state index contributed by atoms with van der Waals surface area (Å²) >= 11 is 1.60. The number of hydrogen-bond acceptors (Lipinski definition) is 5. The summed E-state index contributed by atoms with van der Waals surface area (Å²) in [5.41, 5.74) is 0. The number of aromatic nitrogens is 6. The van der Waals surface area contributed by atoms with E-state index >= 15 is 0 Å². The molecule has 0 saturated heterocycles. The van der Waals surface area contributed by atoms with Crippen molar-refractivity contribution in [1.29, 1.82) is 0 Å². The summed E-state index contributed by atoms with van der Waals surface area (Å²) in [4.78, 5) is 5.33. The molecule has 0 aliphatic carbocycles. The molecule has 3 aromatic heterocycles. The summed E-state index contributed by atoms with van der Waals surface area (Å²) < 4.78 is 4.08. The highest BCUT2D eigenvalue weighted by Gasteiger charge is 2.20. The predicted molar refractivity (Wildman–Crippen MR) is 87.3 cm³/mol. The van der Waals surface area contributed by atoms with Gasteiger partial charge in [0.1, 0.15) is 10.8 Å². The Balaban J connectivity index is 1.96. The van der Waals surface area contributed by atoms with Crippen molar-refractivity contribution < 1.29 is 0 Å². The Morgan fingerprint density at radius 3 is 2.59 bits per heavy atom. The van der Waals surface area contributed by atoms with E-state index in [4.69, 9.17) is 5.10 Å². The van der Waals surface area contributed by atoms with Crippen LogP contribution in [0.2, 0.25) is 0 Å². The lowest BCUT2D eigenvalue weighted by atomic mass is 10.1. The molecular formula is C15H22N6S. The highest BCUT2D eigenvalue weighted by atomic mass is 32.1. The molecule has 3 rings (SSSR count). The minimum atomic E-state index is 0.151. The van der Waals surface area contributed by atoms with Gasteiger partial charge < -0.3 is 4.57 Å². The number of imidazole rings is 1. The molecule has 1 unspecified atom stereocenters. The Labute approximate surface area is 134 Å². The smallest absolute Gasteiger partial charge is 0.234 e. The van der Waals surface area contributed by atoms with Crippen LogP contribution in [-0.4, -0.2) is 29.4 Å². The molecule has 0 radical (unpaired) electrons. The van der Waals surface area contributed by atoms with Crippen LogP contribution < -0.4 is 0 Å². The van der Waals surface area contributed by atoms with Gasteiger partial charge in [-0.05, 0) is 12.8 Å². The normalized spacial score (nSPS) is 13.6. The third kappa shape index (κ3) is 2.65. The molecule has 6 nitrogen and oxygen atoms in total. The van der Waals surface area contributed by atoms with E-state index < -0.39 is 0 Å². The number of fused-ring (bicyclic) bond motifs is 1. The Hall–Kier alpha value is -1.76. The van der Waals surface area contributed by atoms with Gasteiger partial charge in [-0.2, -0.15) is 9.61 Å². The first-order valence-electron chi connectivity index (χ1n) is 7.71. The van der Waals surface area contributed by atoms with Crippen LogP contribution in [0.4, 0.5) is 0 Å². The van der Waals surface area contributed by atoms with E-state index in [9.17, 15) is 0 Å². The molecular weight excluding hydrogens is 296 g/mol. The third-order valence-corrected chi connectivity index (χ3v) is 4.72. The Morgan fingerprint density at radius 1 is 1.14 bits per heavy atom. The van der Waals surface area contributed by atoms with Gasteiger partial charge in [-0.1, -0.05) is 39.0 Å². The van der Waals surface area contributed by atoms with Gasteiger partial charge >= 0.3 is 0 Å². The number of hydrogen-bond donors (Lipinski definition) is 0. The number of nitrogens with zero attached hydrogens (tertiary/aromatic N) is 6. The van der Waals surface area contributed by atoms with E-state index in [1.807, 2.05) is 16.9 Å². The van der Waals surface area contributed by atoms with E-state index in [0.717, 1.165) is 28.0 Å². The topological polar surface area (TPSA) is 60.9 Å². The van der Waals surface area contributed by atoms with Crippen LogP contribution in [0.15, 0.2) is 12.4 Å². The second-order valence-electron chi connectivity index (χ2n) is 6.37. The van der Waals surface area contributed by atoms with Crippen molar-refractivity contribution >= 4 is 16.3 Å². The average Bonchev–Trinajstić information content (AvgIpc) is 3.13. The molecule has 3 heterocycles. The molecule has 0 amide bonds. The zero-order chi connectivity index (χ0) is 15.9. The van der Waals surface area contributed by atoms with Gasteiger partial charge in [-0.25, -0.2) is 4.98 Å². The van der Waals surface area contributed by atoms with Crippen LogP contribution in [0.1, 0.15) is 63.2 Å². The molecule has 7 heteroatoms. The van der Waals surface area contributed by atoms with Gasteiger partial charge in [-0.3, -0.25) is 0 Å². The van der Waals surface area contributed by atoms with E-state index in [0.29, 0.717) is 11.8 Å². The van der Waals surface area contributed by atoms with Crippen LogP contribution in [0, 0.1) is 5.92 Å². The van der Waals surface area contributed by atoms with Crippen LogP contribution in [0.25, 0.3) is 4.96 Å². The quantitative estimate of drug-likeness (QED) is 0.724. The summed E-state index contributed by atoms with van der Waals surface area (Å²) in [5, 5.41) is 14.3. The van der Waals surface area contributed by atoms with Crippen molar-refractivity contribution in [3.05, 3.63) is 29.1 Å². The first-order chi connectivity index (χ1) is 10.5. The standard InChI is InChI=1S/C15H22N6S/c1-9(2)8-12-17-18-15-21(12)19-14(22-15)11(5)20-7-6-16-13(20)10(3)4/h6-7,9-11H,8H2,1-5H3. The Kier molecular flexibility index (Phi) is 3.99. The molecule has 22 heavy (non-hydrogen) atoms. The molecule has 0 fully saturated rings. The van der Waals surface area contributed by atoms with Gasteiger partial charge in [0.2, 0.25) is 4.96 Å². The summed E-state index contributed by atoms with van der Waals surface area (Å²) in [6, 6.07) is 0.151. The van der Waals surface area contributed by atoms with Gasteiger partial charge in [-0.15, -0.1) is 10.2 Å². The zero-order valence-electron chi connectivity index (χ0n) is 13.7. The summed E-state index contributed by atoms with van der Waals surface area (Å²) in [6.07, 6.45) is 4.77. The van der Waals surface area contributed by atoms with E-state index in [1.165, 1.54) is 0 Å². The van der Waals surface area contributed by atoms with Gasteiger partial charge in [0.25, 0.3) is 0 Å². The van der Waals surface area contributed by atoms with Crippen LogP contribution in [0.5, 0.6) is 0 Å². The first-order valence-corrected chi connectivity index (χ1v) is 8.52. The van der Waals surface area contributed by atoms with Gasteiger partial charge in [0.15, 0.2) is 5.82 Å². The van der Waals surface area contributed by atoms with Crippen LogP contribution in [0.3, 0.4) is 0 Å². The highest BCUT2D eigenvalue weighted by molar-refractivity contribution is 7.16. The average molecular weight is 318 g/mol. The monoisotopic (exact) mass is 318 g/mol. The lowest BCUT2D eigenvalue weighted by Gasteiger charge is -2.15. The largest absolute Gasteiger partial charge is 0.325 e. The maximum Gasteiger partial charge on any atom is 0.234 e. The Bertz CT molecular complexity index is 766. The molecule has 0 N–H and O–H groups in total. The van der Waals surface area contributed by atoms with Crippen molar-refractivity contribution in [2.24, 2.45) is 5.92 Å². The molecule has 0 bridgehead atoms. The van der Waals surface area contributed by atoms with Gasteiger partial charge in [0.05, 0.1) is 6.04 Å². The molecule has 0 spiro atoms. The summed E-state index contributed by atoms with van der Waals surface area (Å²) in [6.45, 7) is 10.8. The van der Waals surface area contributed by atoms with Crippen molar-refractivity contribution in [3.8, 4) is 0 Å². The van der Waals surface area contributed by atoms with Crippen molar-refractivity contribution in [1.82, 2.24) is 29.4 Å². The first kappa shape index (κ1) is 15.1. The van der Waals surface area contributed by atoms with Crippen molar-refractivity contribution in [2.75, 3.05) is 0 Å². The molecule has 0 aromatic carbocycles. The third-order valence-electron chi connectivity index (χ3n) is 3.65. The fraction of sp³-hybridized carbons (Fsp3) is 0.600. The maximum atomic E-state index is 4.74. The minimum Gasteiger partial charge on any atom is -0.325 e. The molecule has 3 aromatic rings. The maximum absolute atomic E-state index is 4.74. The van der Waals surface area contributed by atoms with E-state index in [2.05, 4.69) is 54.4 Å². The van der Waals surface area contributed by atoms with Crippen molar-refractivity contribution in [3.63, 3.8) is 0 Å². The molecule has 0 aliphatic heterocycles. The molecule has 1 atom stereocenters. The summed E-state index contributed by atoms with van der Waals surface area (Å²) in [7, 11) is 0. The van der Waals surface area contributed by atoms with Crippen LogP contribution in [-0.2, 0) is 6.42 Å². The predicted octanol–water partition coefficient (Wildman–Crippen LogP) is 3.31. The minimum absolute atomic E-state index is 0.151. The SMILES string of the molecule is CC(C)Cc1nnc2sc(C(C)n3ccnc3C(C)C)nn12. The highest BCUT2D eigenvalue weighted by Crippen LogP contribution is 2.27. The van der Waals surface area contributed by atoms with E-state index in [-0.39, 0.29) is 6.04 Å². The Morgan fingerprint density at radius 2 is 1.91 bits per heavy atom. The summed E-state index contributed by atoms with van der Waals surface area (Å²) in [5.74, 6) is 2.95. The lowest BCUT2D eigenvalue weighted by molar-refractivity contribution is 0.562. The molecule has 118 valence electrons. The zero-order valence-corrected chi connectivity index (χ0v) is 14.5. The van der Waals surface area contributed by atoms with E-state index in [1.54, 1.807) is 11.3 Å². The van der Waals surface area contributed by atoms with Gasteiger partial charge in [0, 0.05) is 24.7 Å². The second-order valence-corrected chi connectivity index (χ2v) is 7.36. The number of rotatable bonds is 5. The lowest BCUT2D eigenvalue weighted by Crippen LogP contribution is -2.11. The van der Waals surface area contributed by atoms with Crippen molar-refractivity contribution in [2.45, 2.75) is 53.0 Å². The fourth-order valence-electron chi connectivity index (χ4n) is 2.55.